The summed E-state index contributed by atoms with van der Waals surface area (Å²) in [5.41, 5.74) is 22.2. The van der Waals surface area contributed by atoms with E-state index < -0.39 is 0 Å². The highest BCUT2D eigenvalue weighted by Crippen LogP contribution is 2.58. The molecule has 56 heavy (non-hydrogen) atoms. The summed E-state index contributed by atoms with van der Waals surface area (Å²) in [5.74, 6) is 0.986. The van der Waals surface area contributed by atoms with Gasteiger partial charge in [-0.05, 0) is 132 Å². The van der Waals surface area contributed by atoms with E-state index in [1.165, 1.54) is 60.1 Å². The Labute approximate surface area is 334 Å². The lowest BCUT2D eigenvalue weighted by molar-refractivity contribution is 0.188. The van der Waals surface area contributed by atoms with Crippen molar-refractivity contribution < 1.29 is 0 Å². The van der Waals surface area contributed by atoms with Crippen LogP contribution in [-0.4, -0.2) is 29.1 Å². The Bertz CT molecular complexity index is 2410. The second-order valence-electron chi connectivity index (χ2n) is 19.5. The van der Waals surface area contributed by atoms with Crippen molar-refractivity contribution in [2.45, 2.75) is 122 Å². The molecule has 0 aromatic heterocycles. The van der Waals surface area contributed by atoms with Crippen LogP contribution in [0.4, 0.5) is 5.69 Å². The largest absolute Gasteiger partial charge is 0.364 e. The van der Waals surface area contributed by atoms with E-state index in [1.54, 1.807) is 50.3 Å². The Hall–Kier alpha value is -4.56. The number of fused-ring (bicyclic) bond motifs is 8. The van der Waals surface area contributed by atoms with Gasteiger partial charge in [0.2, 0.25) is 0 Å². The van der Waals surface area contributed by atoms with Crippen molar-refractivity contribution in [2.75, 3.05) is 4.90 Å². The second-order valence-corrected chi connectivity index (χ2v) is 19.5. The van der Waals surface area contributed by atoms with Crippen LogP contribution in [0.5, 0.6) is 0 Å². The highest BCUT2D eigenvalue weighted by atomic mass is 15.2. The topological polar surface area (TPSA) is 6.48 Å². The molecule has 1 aromatic carbocycles. The summed E-state index contributed by atoms with van der Waals surface area (Å²) in [7, 11) is 0. The Morgan fingerprint density at radius 1 is 0.714 bits per heavy atom. The molecule has 0 saturated heterocycles. The number of benzene rings is 1. The fourth-order valence-electron chi connectivity index (χ4n) is 13.5. The quantitative estimate of drug-likeness (QED) is 0.286. The molecule has 0 radical (unpaired) electrons. The van der Waals surface area contributed by atoms with Crippen molar-refractivity contribution in [3.05, 3.63) is 176 Å². The SMILES string of the molecule is CC1(C)C2=CC(N3c4ccc(C5=CC6=C(CC5)N(C5C=CC7=C(C5)C(C)(C)C5=C7C=CCC5)C5CC=CCC65)cc4C4C=CC=CC43)CC=C2C2=C1C=CCC2. The first kappa shape index (κ1) is 33.6. The van der Waals surface area contributed by atoms with Crippen LogP contribution in [0.15, 0.2) is 165 Å². The Morgan fingerprint density at radius 2 is 1.55 bits per heavy atom. The highest BCUT2D eigenvalue weighted by molar-refractivity contribution is 5.77. The molecule has 0 fully saturated rings. The standard InChI is InChI=1S/C54H56N2/c1-53(2)45-17-9-5-13-37(45)39-25-23-35(31-47(39)53)55-49-19-11-7-15-41(49)43-29-33(21-27-51(43)55)34-22-28-52-44(30-34)42-16-8-12-20-50(42)56(52)36-24-26-40-38-14-6-10-18-46(38)54(3,4)48(40)32-36/h5,7-8,10-13,16,18,20,22-23,25-26,28-30,32,35-36,41-42,49-50H,6,9,14-15,17,19,21,24,27,31H2,1-4H3. The molecule has 9 aliphatic carbocycles. The first-order valence-corrected chi connectivity index (χ1v) is 22.1. The van der Waals surface area contributed by atoms with E-state index >= 15 is 0 Å². The van der Waals surface area contributed by atoms with E-state index in [1.807, 2.05) is 0 Å². The lowest BCUT2D eigenvalue weighted by Crippen LogP contribution is -2.42. The minimum Gasteiger partial charge on any atom is -0.364 e. The zero-order chi connectivity index (χ0) is 37.5. The summed E-state index contributed by atoms with van der Waals surface area (Å²) < 4.78 is 0. The van der Waals surface area contributed by atoms with E-state index in [2.05, 4.69) is 147 Å². The predicted octanol–water partition coefficient (Wildman–Crippen LogP) is 12.8. The van der Waals surface area contributed by atoms with E-state index in [0.29, 0.717) is 36.0 Å². The molecule has 282 valence electrons. The minimum absolute atomic E-state index is 0.0731. The van der Waals surface area contributed by atoms with Crippen molar-refractivity contribution in [3.8, 4) is 0 Å². The van der Waals surface area contributed by atoms with Crippen molar-refractivity contribution in [1.82, 2.24) is 4.90 Å². The minimum atomic E-state index is 0.0731. The summed E-state index contributed by atoms with van der Waals surface area (Å²) in [6.07, 6.45) is 48.7. The summed E-state index contributed by atoms with van der Waals surface area (Å²) in [5, 5.41) is 0. The molecule has 1 aromatic rings. The molecule has 0 amide bonds. The zero-order valence-corrected chi connectivity index (χ0v) is 33.8. The van der Waals surface area contributed by atoms with Gasteiger partial charge in [0, 0.05) is 40.1 Å². The van der Waals surface area contributed by atoms with Crippen molar-refractivity contribution >= 4 is 11.3 Å². The second kappa shape index (κ2) is 12.0. The maximum absolute atomic E-state index is 2.93. The Balaban J connectivity index is 0.868. The molecule has 12 rings (SSSR count). The Morgan fingerprint density at radius 3 is 2.48 bits per heavy atom. The van der Waals surface area contributed by atoms with Crippen LogP contribution >= 0.6 is 0 Å². The van der Waals surface area contributed by atoms with Crippen LogP contribution in [0.25, 0.3) is 5.57 Å². The molecule has 2 aliphatic heterocycles. The molecule has 2 nitrogen and oxygen atoms in total. The van der Waals surface area contributed by atoms with Gasteiger partial charge in [0.1, 0.15) is 0 Å². The van der Waals surface area contributed by atoms with Crippen LogP contribution in [0.1, 0.15) is 109 Å². The maximum atomic E-state index is 2.93. The summed E-state index contributed by atoms with van der Waals surface area (Å²) in [6, 6.07) is 9.32. The fraction of sp³-hybridized carbons (Fsp3) is 0.407. The molecule has 2 heteroatoms. The summed E-state index contributed by atoms with van der Waals surface area (Å²) in [6.45, 7) is 9.91. The molecule has 2 heterocycles. The molecular weight excluding hydrogens is 677 g/mol. The fourth-order valence-corrected chi connectivity index (χ4v) is 13.5. The zero-order valence-electron chi connectivity index (χ0n) is 33.8. The number of hydrogen-bond acceptors (Lipinski definition) is 2. The molecule has 0 saturated carbocycles. The number of allylic oxidation sites excluding steroid dienone is 18. The van der Waals surface area contributed by atoms with Gasteiger partial charge >= 0.3 is 0 Å². The van der Waals surface area contributed by atoms with Crippen molar-refractivity contribution in [2.24, 2.45) is 16.7 Å². The monoisotopic (exact) mass is 732 g/mol. The average Bonchev–Trinajstić information content (AvgIpc) is 3.89. The van der Waals surface area contributed by atoms with Crippen LogP contribution in [0.2, 0.25) is 0 Å². The van der Waals surface area contributed by atoms with E-state index in [0.717, 1.165) is 32.1 Å². The van der Waals surface area contributed by atoms with Gasteiger partial charge in [0.25, 0.3) is 0 Å². The predicted molar refractivity (Wildman–Crippen MR) is 233 cm³/mol. The van der Waals surface area contributed by atoms with Gasteiger partial charge in [-0.3, -0.25) is 0 Å². The van der Waals surface area contributed by atoms with Crippen molar-refractivity contribution in [3.63, 3.8) is 0 Å². The maximum Gasteiger partial charge on any atom is 0.0586 e. The van der Waals surface area contributed by atoms with Crippen LogP contribution in [0.3, 0.4) is 0 Å². The number of hydrogen-bond donors (Lipinski definition) is 0. The van der Waals surface area contributed by atoms with Crippen LogP contribution < -0.4 is 4.90 Å². The van der Waals surface area contributed by atoms with Gasteiger partial charge in [0.05, 0.1) is 18.1 Å². The first-order valence-electron chi connectivity index (χ1n) is 22.1. The lowest BCUT2D eigenvalue weighted by atomic mass is 9.74. The normalized spacial score (nSPS) is 33.5. The number of anilines is 1. The third kappa shape index (κ3) is 4.56. The van der Waals surface area contributed by atoms with Gasteiger partial charge in [-0.25, -0.2) is 0 Å². The van der Waals surface area contributed by atoms with Crippen molar-refractivity contribution in [1.29, 1.82) is 0 Å². The molecule has 6 unspecified atom stereocenters. The smallest absolute Gasteiger partial charge is 0.0586 e. The van der Waals surface area contributed by atoms with Gasteiger partial charge in [-0.15, -0.1) is 0 Å². The molecule has 6 atom stereocenters. The summed E-state index contributed by atoms with van der Waals surface area (Å²) >= 11 is 0. The molecular formula is C54H56N2. The van der Waals surface area contributed by atoms with Gasteiger partial charge in [0.15, 0.2) is 0 Å². The molecule has 0 spiro atoms. The van der Waals surface area contributed by atoms with E-state index in [-0.39, 0.29) is 10.8 Å². The average molecular weight is 733 g/mol. The first-order chi connectivity index (χ1) is 27.3. The number of nitrogens with zero attached hydrogens (tertiary/aromatic N) is 2. The third-order valence-corrected chi connectivity index (χ3v) is 16.2. The van der Waals surface area contributed by atoms with Gasteiger partial charge < -0.3 is 9.80 Å². The van der Waals surface area contributed by atoms with Crippen LogP contribution in [0, 0.1) is 16.7 Å². The van der Waals surface area contributed by atoms with Crippen LogP contribution in [-0.2, 0) is 0 Å². The van der Waals surface area contributed by atoms with Gasteiger partial charge in [-0.1, -0.05) is 136 Å². The lowest BCUT2D eigenvalue weighted by Gasteiger charge is -2.41. The highest BCUT2D eigenvalue weighted by Gasteiger charge is 2.48. The summed E-state index contributed by atoms with van der Waals surface area (Å²) in [4.78, 5) is 5.71. The molecule has 0 N–H and O–H groups in total. The van der Waals surface area contributed by atoms with E-state index in [9.17, 15) is 0 Å². The molecule has 0 bridgehead atoms. The third-order valence-electron chi connectivity index (χ3n) is 16.2. The van der Waals surface area contributed by atoms with E-state index in [4.69, 9.17) is 0 Å². The molecule has 11 aliphatic rings. The van der Waals surface area contributed by atoms with Gasteiger partial charge in [-0.2, -0.15) is 0 Å². The Kier molecular flexibility index (Phi) is 7.18. The number of rotatable bonds is 3.